The summed E-state index contributed by atoms with van der Waals surface area (Å²) in [5.41, 5.74) is 3.78. The summed E-state index contributed by atoms with van der Waals surface area (Å²) in [5, 5.41) is 11.7. The molecule has 26 heavy (non-hydrogen) atoms. The zero-order chi connectivity index (χ0) is 18.7. The van der Waals surface area contributed by atoms with Crippen molar-refractivity contribution in [2.75, 3.05) is 18.4 Å². The van der Waals surface area contributed by atoms with Crippen molar-refractivity contribution < 1.29 is 4.79 Å². The summed E-state index contributed by atoms with van der Waals surface area (Å²) in [4.78, 5) is 20.5. The van der Waals surface area contributed by atoms with Crippen LogP contribution < -0.4 is 10.6 Å². The Hall–Kier alpha value is -2.96. The van der Waals surface area contributed by atoms with Gasteiger partial charge in [-0.1, -0.05) is 19.1 Å². The lowest BCUT2D eigenvalue weighted by Gasteiger charge is -2.09. The van der Waals surface area contributed by atoms with E-state index >= 15 is 0 Å². The third-order valence-electron chi connectivity index (χ3n) is 4.12. The zero-order valence-corrected chi connectivity index (χ0v) is 15.6. The summed E-state index contributed by atoms with van der Waals surface area (Å²) in [6.45, 7) is 8.85. The first kappa shape index (κ1) is 17.8. The molecular weight excluding hydrogens is 328 g/mol. The van der Waals surface area contributed by atoms with Gasteiger partial charge < -0.3 is 10.6 Å². The van der Waals surface area contributed by atoms with Crippen LogP contribution in [0.4, 0.5) is 5.82 Å². The van der Waals surface area contributed by atoms with Gasteiger partial charge in [-0.15, -0.1) is 0 Å². The normalized spacial score (nSPS) is 10.9. The van der Waals surface area contributed by atoms with Crippen molar-refractivity contribution >= 4 is 22.8 Å². The largest absolute Gasteiger partial charge is 0.368 e. The minimum atomic E-state index is 0.0410. The van der Waals surface area contributed by atoms with E-state index in [0.29, 0.717) is 25.3 Å². The molecule has 0 radical (unpaired) electrons. The number of fused-ring (bicyclic) bond motifs is 1. The van der Waals surface area contributed by atoms with Crippen LogP contribution in [0.2, 0.25) is 0 Å². The highest BCUT2D eigenvalue weighted by Crippen LogP contribution is 2.26. The van der Waals surface area contributed by atoms with Crippen molar-refractivity contribution in [3.05, 3.63) is 41.3 Å². The summed E-state index contributed by atoms with van der Waals surface area (Å²) in [6.07, 6.45) is 0.485. The van der Waals surface area contributed by atoms with Gasteiger partial charge in [0.25, 0.3) is 0 Å². The molecule has 2 heterocycles. The third kappa shape index (κ3) is 3.66. The first-order chi connectivity index (χ1) is 12.5. The lowest BCUT2D eigenvalue weighted by molar-refractivity contribution is -0.120. The molecule has 0 unspecified atom stereocenters. The SMILES string of the molecule is CCC(=O)NCCNc1nc(C)nc2c1c(C)nn2-c1cccc(C)c1. The predicted molar refractivity (Wildman–Crippen MR) is 103 cm³/mol. The van der Waals surface area contributed by atoms with Gasteiger partial charge >= 0.3 is 0 Å². The van der Waals surface area contributed by atoms with Crippen LogP contribution >= 0.6 is 0 Å². The van der Waals surface area contributed by atoms with Crippen molar-refractivity contribution in [1.29, 1.82) is 0 Å². The molecular formula is C19H24N6O. The molecule has 7 heteroatoms. The molecule has 2 aromatic heterocycles. The monoisotopic (exact) mass is 352 g/mol. The molecule has 3 rings (SSSR count). The number of carbonyl (C=O) groups excluding carboxylic acids is 1. The second kappa shape index (κ2) is 7.51. The molecule has 0 spiro atoms. The predicted octanol–water partition coefficient (Wildman–Crippen LogP) is 2.68. The van der Waals surface area contributed by atoms with Gasteiger partial charge in [0.15, 0.2) is 5.65 Å². The van der Waals surface area contributed by atoms with E-state index in [1.54, 1.807) is 0 Å². The Morgan fingerprint density at radius 1 is 1.15 bits per heavy atom. The quantitative estimate of drug-likeness (QED) is 0.666. The van der Waals surface area contributed by atoms with Crippen molar-refractivity contribution in [2.45, 2.75) is 34.1 Å². The fourth-order valence-corrected chi connectivity index (χ4v) is 2.87. The molecule has 0 bridgehead atoms. The number of aryl methyl sites for hydroxylation is 3. The van der Waals surface area contributed by atoms with E-state index in [1.807, 2.05) is 37.6 Å². The maximum Gasteiger partial charge on any atom is 0.219 e. The molecule has 1 aromatic carbocycles. The Balaban J connectivity index is 1.94. The number of rotatable bonds is 6. The number of hydrogen-bond acceptors (Lipinski definition) is 5. The Kier molecular flexibility index (Phi) is 5.16. The Labute approximate surface area is 152 Å². The molecule has 0 atom stereocenters. The highest BCUT2D eigenvalue weighted by atomic mass is 16.1. The maximum atomic E-state index is 11.4. The molecule has 0 saturated carbocycles. The summed E-state index contributed by atoms with van der Waals surface area (Å²) in [5.74, 6) is 1.46. The van der Waals surface area contributed by atoms with Crippen LogP contribution in [0.1, 0.15) is 30.4 Å². The number of hydrogen-bond donors (Lipinski definition) is 2. The fourth-order valence-electron chi connectivity index (χ4n) is 2.87. The fraction of sp³-hybridized carbons (Fsp3) is 0.368. The van der Waals surface area contributed by atoms with Crippen molar-refractivity contribution in [2.24, 2.45) is 0 Å². The molecule has 0 aliphatic carbocycles. The minimum Gasteiger partial charge on any atom is -0.368 e. The number of nitrogens with one attached hydrogen (secondary N) is 2. The highest BCUT2D eigenvalue weighted by molar-refractivity contribution is 5.90. The number of amides is 1. The summed E-state index contributed by atoms with van der Waals surface area (Å²) < 4.78 is 1.86. The smallest absolute Gasteiger partial charge is 0.219 e. The number of carbonyl (C=O) groups is 1. The third-order valence-corrected chi connectivity index (χ3v) is 4.12. The Morgan fingerprint density at radius 2 is 1.96 bits per heavy atom. The van der Waals surface area contributed by atoms with Gasteiger partial charge in [0.2, 0.25) is 5.91 Å². The van der Waals surface area contributed by atoms with Gasteiger partial charge in [-0.25, -0.2) is 14.6 Å². The Bertz CT molecular complexity index is 947. The van der Waals surface area contributed by atoms with Crippen LogP contribution in [-0.4, -0.2) is 38.7 Å². The first-order valence-electron chi connectivity index (χ1n) is 8.81. The van der Waals surface area contributed by atoms with Crippen LogP contribution in [0.3, 0.4) is 0 Å². The molecule has 7 nitrogen and oxygen atoms in total. The summed E-state index contributed by atoms with van der Waals surface area (Å²) >= 11 is 0. The van der Waals surface area contributed by atoms with E-state index in [9.17, 15) is 4.79 Å². The van der Waals surface area contributed by atoms with Crippen molar-refractivity contribution in [1.82, 2.24) is 25.1 Å². The minimum absolute atomic E-state index is 0.0410. The molecule has 0 aliphatic rings. The molecule has 0 fully saturated rings. The average molecular weight is 352 g/mol. The molecule has 0 aliphatic heterocycles. The van der Waals surface area contributed by atoms with Crippen LogP contribution in [0.5, 0.6) is 0 Å². The maximum absolute atomic E-state index is 11.4. The van der Waals surface area contributed by atoms with Gasteiger partial charge in [0, 0.05) is 19.5 Å². The highest BCUT2D eigenvalue weighted by Gasteiger charge is 2.16. The molecule has 2 N–H and O–H groups in total. The molecule has 3 aromatic rings. The van der Waals surface area contributed by atoms with E-state index in [4.69, 9.17) is 0 Å². The van der Waals surface area contributed by atoms with Crippen LogP contribution in [0, 0.1) is 20.8 Å². The summed E-state index contributed by atoms with van der Waals surface area (Å²) in [7, 11) is 0. The molecule has 1 amide bonds. The van der Waals surface area contributed by atoms with Gasteiger partial charge in [0.1, 0.15) is 11.6 Å². The average Bonchev–Trinajstić information content (AvgIpc) is 2.95. The van der Waals surface area contributed by atoms with E-state index in [2.05, 4.69) is 44.8 Å². The van der Waals surface area contributed by atoms with Crippen LogP contribution in [0.15, 0.2) is 24.3 Å². The van der Waals surface area contributed by atoms with E-state index in [-0.39, 0.29) is 5.91 Å². The molecule has 0 saturated heterocycles. The van der Waals surface area contributed by atoms with E-state index in [0.717, 1.165) is 28.2 Å². The van der Waals surface area contributed by atoms with Gasteiger partial charge in [-0.05, 0) is 38.5 Å². The number of nitrogens with zero attached hydrogens (tertiary/aromatic N) is 4. The number of aromatic nitrogens is 4. The molecule has 136 valence electrons. The summed E-state index contributed by atoms with van der Waals surface area (Å²) in [6, 6.07) is 8.16. The van der Waals surface area contributed by atoms with Gasteiger partial charge in [-0.2, -0.15) is 5.10 Å². The second-order valence-corrected chi connectivity index (χ2v) is 6.28. The van der Waals surface area contributed by atoms with E-state index < -0.39 is 0 Å². The topological polar surface area (TPSA) is 84.7 Å². The van der Waals surface area contributed by atoms with Crippen molar-refractivity contribution in [3.8, 4) is 5.69 Å². The van der Waals surface area contributed by atoms with Crippen LogP contribution in [-0.2, 0) is 4.79 Å². The van der Waals surface area contributed by atoms with Gasteiger partial charge in [-0.3, -0.25) is 4.79 Å². The van der Waals surface area contributed by atoms with Crippen molar-refractivity contribution in [3.63, 3.8) is 0 Å². The number of anilines is 1. The lowest BCUT2D eigenvalue weighted by Crippen LogP contribution is -2.28. The Morgan fingerprint density at radius 3 is 2.69 bits per heavy atom. The number of benzene rings is 1. The van der Waals surface area contributed by atoms with Gasteiger partial charge in [0.05, 0.1) is 16.8 Å². The standard InChI is InChI=1S/C19H24N6O/c1-5-16(26)20-9-10-21-18-17-13(3)24-25(19(17)23-14(4)22-18)15-8-6-7-12(2)11-15/h6-8,11H,5,9-10H2,1-4H3,(H,20,26)(H,21,22,23). The van der Waals surface area contributed by atoms with Crippen LogP contribution in [0.25, 0.3) is 16.7 Å². The lowest BCUT2D eigenvalue weighted by atomic mass is 10.2. The second-order valence-electron chi connectivity index (χ2n) is 6.28. The van der Waals surface area contributed by atoms with E-state index in [1.165, 1.54) is 5.56 Å². The zero-order valence-electron chi connectivity index (χ0n) is 15.6. The first-order valence-corrected chi connectivity index (χ1v) is 8.81.